The summed E-state index contributed by atoms with van der Waals surface area (Å²) in [4.78, 5) is 52.4. The Kier molecular flexibility index (Phi) is 11.1. The molecule has 2 aromatic carbocycles. The minimum atomic E-state index is -0.600. The van der Waals surface area contributed by atoms with Crippen LogP contribution in [-0.2, 0) is 14.3 Å². The number of thiophene rings is 1. The molecule has 1 heterocycles. The molecule has 0 saturated heterocycles. The molecule has 0 spiro atoms. The lowest BCUT2D eigenvalue weighted by atomic mass is 10.1. The van der Waals surface area contributed by atoms with Gasteiger partial charge < -0.3 is 20.7 Å². The molecule has 0 fully saturated rings. The molecule has 3 aromatic rings. The molecule has 8 nitrogen and oxygen atoms in total. The van der Waals surface area contributed by atoms with E-state index in [9.17, 15) is 19.2 Å². The highest BCUT2D eigenvalue weighted by Gasteiger charge is 2.28. The van der Waals surface area contributed by atoms with Crippen molar-refractivity contribution in [3.8, 4) is 0 Å². The lowest BCUT2D eigenvalue weighted by Gasteiger charge is -2.15. The van der Waals surface area contributed by atoms with Crippen molar-refractivity contribution < 1.29 is 23.9 Å². The first-order valence-corrected chi connectivity index (χ1v) is 14.5. The Morgan fingerprint density at radius 3 is 2.31 bits per heavy atom. The number of para-hydroxylation sites is 1. The average Bonchev–Trinajstić information content (AvgIpc) is 3.23. The molecule has 3 N–H and O–H groups in total. The molecule has 0 aliphatic heterocycles. The van der Waals surface area contributed by atoms with Gasteiger partial charge in [0.25, 0.3) is 5.91 Å². The van der Waals surface area contributed by atoms with Crippen LogP contribution in [0.4, 0.5) is 16.4 Å². The first kappa shape index (κ1) is 29.9. The molecule has 3 amide bonds. The van der Waals surface area contributed by atoms with Crippen LogP contribution in [0.3, 0.4) is 0 Å². The van der Waals surface area contributed by atoms with E-state index in [-0.39, 0.29) is 34.9 Å². The maximum Gasteiger partial charge on any atom is 0.341 e. The molecule has 0 aliphatic carbocycles. The van der Waals surface area contributed by atoms with Crippen molar-refractivity contribution in [2.24, 2.45) is 0 Å². The van der Waals surface area contributed by atoms with Crippen LogP contribution in [0.1, 0.15) is 65.6 Å². The predicted molar refractivity (Wildman–Crippen MR) is 158 cm³/mol. The van der Waals surface area contributed by atoms with Gasteiger partial charge in [0.05, 0.1) is 22.3 Å². The second-order valence-corrected chi connectivity index (χ2v) is 10.9. The first-order chi connectivity index (χ1) is 18.8. The summed E-state index contributed by atoms with van der Waals surface area (Å²) in [6.45, 7) is 7.37. The van der Waals surface area contributed by atoms with Crippen molar-refractivity contribution in [1.29, 1.82) is 0 Å². The second kappa shape index (κ2) is 14.5. The highest BCUT2D eigenvalue weighted by atomic mass is 32.2. The summed E-state index contributed by atoms with van der Waals surface area (Å²) in [5.74, 6) is -1.34. The summed E-state index contributed by atoms with van der Waals surface area (Å²) >= 11 is 2.40. The molecule has 10 heteroatoms. The third-order valence-corrected chi connectivity index (χ3v) is 8.20. The number of carbonyl (C=O) groups excluding carboxylic acids is 4. The van der Waals surface area contributed by atoms with E-state index in [4.69, 9.17) is 4.74 Å². The lowest BCUT2D eigenvalue weighted by molar-refractivity contribution is -0.116. The standard InChI is InChI=1S/C29H33N3O5S2/c1-5-12-23(33)30-20-15-11-16-21(17-20)38-22(6-2)26(34)32-28-24(29(36)37-7-3)18(4)25(39-28)27(35)31-19-13-9-8-10-14-19/h8-11,13-17,22H,5-7,12H2,1-4H3,(H,30,33)(H,31,35)(H,32,34). The fourth-order valence-electron chi connectivity index (χ4n) is 3.75. The van der Waals surface area contributed by atoms with E-state index in [0.717, 1.165) is 22.7 Å². The topological polar surface area (TPSA) is 114 Å². The van der Waals surface area contributed by atoms with E-state index < -0.39 is 11.2 Å². The van der Waals surface area contributed by atoms with Gasteiger partial charge in [-0.25, -0.2) is 4.79 Å². The first-order valence-electron chi connectivity index (χ1n) is 12.8. The van der Waals surface area contributed by atoms with Crippen LogP contribution >= 0.6 is 23.1 Å². The van der Waals surface area contributed by atoms with Gasteiger partial charge in [0.1, 0.15) is 5.00 Å². The number of esters is 1. The zero-order valence-electron chi connectivity index (χ0n) is 22.5. The third-order valence-electron chi connectivity index (χ3n) is 5.64. The number of hydrogen-bond donors (Lipinski definition) is 3. The molecule has 0 bridgehead atoms. The highest BCUT2D eigenvalue weighted by Crippen LogP contribution is 2.36. The van der Waals surface area contributed by atoms with E-state index in [1.807, 2.05) is 50.2 Å². The van der Waals surface area contributed by atoms with Crippen LogP contribution in [0.2, 0.25) is 0 Å². The van der Waals surface area contributed by atoms with Crippen LogP contribution in [-0.4, -0.2) is 35.5 Å². The number of thioether (sulfide) groups is 1. The maximum atomic E-state index is 13.4. The SMILES string of the molecule is CCCC(=O)Nc1cccc(SC(CC)C(=O)Nc2sc(C(=O)Nc3ccccc3)c(C)c2C(=O)OCC)c1. The Morgan fingerprint density at radius 2 is 1.64 bits per heavy atom. The van der Waals surface area contributed by atoms with Crippen LogP contribution in [0.5, 0.6) is 0 Å². The van der Waals surface area contributed by atoms with Gasteiger partial charge in [-0.15, -0.1) is 23.1 Å². The van der Waals surface area contributed by atoms with Gasteiger partial charge in [0, 0.05) is 22.7 Å². The van der Waals surface area contributed by atoms with Gasteiger partial charge in [0.15, 0.2) is 0 Å². The molecule has 206 valence electrons. The van der Waals surface area contributed by atoms with Gasteiger partial charge in [0.2, 0.25) is 11.8 Å². The molecular weight excluding hydrogens is 534 g/mol. The summed E-state index contributed by atoms with van der Waals surface area (Å²) in [6.07, 6.45) is 1.71. The molecule has 0 saturated carbocycles. The number of amides is 3. The Balaban J connectivity index is 1.82. The van der Waals surface area contributed by atoms with Crippen molar-refractivity contribution in [3.05, 3.63) is 70.6 Å². The second-order valence-electron chi connectivity index (χ2n) is 8.63. The number of rotatable bonds is 12. The van der Waals surface area contributed by atoms with Gasteiger partial charge in [-0.3, -0.25) is 14.4 Å². The molecule has 1 atom stereocenters. The van der Waals surface area contributed by atoms with Gasteiger partial charge in [-0.05, 0) is 62.6 Å². The van der Waals surface area contributed by atoms with Crippen molar-refractivity contribution in [2.75, 3.05) is 22.6 Å². The number of nitrogens with one attached hydrogen (secondary N) is 3. The number of hydrogen-bond acceptors (Lipinski definition) is 7. The zero-order chi connectivity index (χ0) is 28.4. The summed E-state index contributed by atoms with van der Waals surface area (Å²) in [5.41, 5.74) is 1.91. The number of benzene rings is 2. The Hall–Kier alpha value is -3.63. The smallest absolute Gasteiger partial charge is 0.341 e. The highest BCUT2D eigenvalue weighted by molar-refractivity contribution is 8.00. The summed E-state index contributed by atoms with van der Waals surface area (Å²) < 4.78 is 5.23. The summed E-state index contributed by atoms with van der Waals surface area (Å²) in [7, 11) is 0. The normalized spacial score (nSPS) is 11.4. The van der Waals surface area contributed by atoms with Crippen molar-refractivity contribution in [1.82, 2.24) is 0 Å². The van der Waals surface area contributed by atoms with Crippen LogP contribution in [0, 0.1) is 6.92 Å². The van der Waals surface area contributed by atoms with E-state index in [1.165, 1.54) is 11.8 Å². The van der Waals surface area contributed by atoms with E-state index in [1.54, 1.807) is 32.0 Å². The fourth-order valence-corrected chi connectivity index (χ4v) is 5.86. The third kappa shape index (κ3) is 8.18. The van der Waals surface area contributed by atoms with Crippen molar-refractivity contribution >= 4 is 63.2 Å². The van der Waals surface area contributed by atoms with Crippen LogP contribution in [0.15, 0.2) is 59.5 Å². The maximum absolute atomic E-state index is 13.4. The van der Waals surface area contributed by atoms with E-state index in [2.05, 4.69) is 16.0 Å². The monoisotopic (exact) mass is 567 g/mol. The van der Waals surface area contributed by atoms with E-state index >= 15 is 0 Å². The van der Waals surface area contributed by atoms with E-state index in [0.29, 0.717) is 34.7 Å². The van der Waals surface area contributed by atoms with Crippen LogP contribution in [0.25, 0.3) is 0 Å². The zero-order valence-corrected chi connectivity index (χ0v) is 24.1. The Bertz CT molecular complexity index is 1320. The molecular formula is C29H33N3O5S2. The van der Waals surface area contributed by atoms with Gasteiger partial charge >= 0.3 is 5.97 Å². The minimum Gasteiger partial charge on any atom is -0.462 e. The van der Waals surface area contributed by atoms with Crippen molar-refractivity contribution in [2.45, 2.75) is 57.1 Å². The van der Waals surface area contributed by atoms with Gasteiger partial charge in [-0.2, -0.15) is 0 Å². The Labute approximate surface area is 236 Å². The molecule has 0 aliphatic rings. The molecule has 39 heavy (non-hydrogen) atoms. The summed E-state index contributed by atoms with van der Waals surface area (Å²) in [6, 6.07) is 16.3. The molecule has 3 rings (SSSR count). The summed E-state index contributed by atoms with van der Waals surface area (Å²) in [5, 5.41) is 8.37. The number of anilines is 3. The Morgan fingerprint density at radius 1 is 0.923 bits per heavy atom. The largest absolute Gasteiger partial charge is 0.462 e. The molecule has 0 radical (unpaired) electrons. The van der Waals surface area contributed by atoms with Crippen LogP contribution < -0.4 is 16.0 Å². The fraction of sp³-hybridized carbons (Fsp3) is 0.310. The lowest BCUT2D eigenvalue weighted by Crippen LogP contribution is -2.25. The molecule has 1 aromatic heterocycles. The predicted octanol–water partition coefficient (Wildman–Crippen LogP) is 6.73. The van der Waals surface area contributed by atoms with Gasteiger partial charge in [-0.1, -0.05) is 38.1 Å². The number of carbonyl (C=O) groups is 4. The quantitative estimate of drug-likeness (QED) is 0.165. The number of ether oxygens (including phenoxy) is 1. The average molecular weight is 568 g/mol. The van der Waals surface area contributed by atoms with Crippen molar-refractivity contribution in [3.63, 3.8) is 0 Å². The minimum absolute atomic E-state index is 0.0592. The molecule has 1 unspecified atom stereocenters.